The van der Waals surface area contributed by atoms with Crippen molar-refractivity contribution in [3.05, 3.63) is 60.3 Å². The Balaban J connectivity index is 1.61. The lowest BCUT2D eigenvalue weighted by Gasteiger charge is -2.16. The average molecular weight is 471 g/mol. The van der Waals surface area contributed by atoms with Crippen molar-refractivity contribution < 1.29 is 21.9 Å². The molecule has 0 atom stereocenters. The van der Waals surface area contributed by atoms with Gasteiger partial charge in [-0.2, -0.15) is 9.40 Å². The first kappa shape index (κ1) is 21.5. The zero-order valence-corrected chi connectivity index (χ0v) is 18.5. The van der Waals surface area contributed by atoms with E-state index in [-0.39, 0.29) is 16.2 Å². The molecule has 7 nitrogen and oxygen atoms in total. The summed E-state index contributed by atoms with van der Waals surface area (Å²) in [5.74, 6) is -1.71. The van der Waals surface area contributed by atoms with Gasteiger partial charge in [0.2, 0.25) is 10.0 Å². The summed E-state index contributed by atoms with van der Waals surface area (Å²) in [5.41, 5.74) is 2.15. The number of ether oxygens (including phenoxy) is 1. The van der Waals surface area contributed by atoms with Crippen molar-refractivity contribution in [3.63, 3.8) is 0 Å². The van der Waals surface area contributed by atoms with Gasteiger partial charge in [-0.25, -0.2) is 22.2 Å². The molecule has 1 fully saturated rings. The molecule has 0 radical (unpaired) electrons. The monoisotopic (exact) mass is 470 g/mol. The van der Waals surface area contributed by atoms with Crippen LogP contribution in [0.3, 0.4) is 0 Å². The van der Waals surface area contributed by atoms with Gasteiger partial charge in [-0.1, -0.05) is 12.1 Å². The van der Waals surface area contributed by atoms with E-state index >= 15 is 0 Å². The molecule has 0 unspecified atom stereocenters. The van der Waals surface area contributed by atoms with Gasteiger partial charge < -0.3 is 4.74 Å². The van der Waals surface area contributed by atoms with Crippen LogP contribution in [0.1, 0.15) is 12.8 Å². The van der Waals surface area contributed by atoms with Crippen LogP contribution in [0.25, 0.3) is 33.4 Å². The van der Waals surface area contributed by atoms with Gasteiger partial charge in [0.1, 0.15) is 5.82 Å². The van der Waals surface area contributed by atoms with Gasteiger partial charge in [-0.05, 0) is 42.7 Å². The number of fused-ring (bicyclic) bond motifs is 1. The number of rotatable bonds is 5. The van der Waals surface area contributed by atoms with Crippen LogP contribution < -0.4 is 4.74 Å². The molecule has 0 spiro atoms. The van der Waals surface area contributed by atoms with Gasteiger partial charge >= 0.3 is 0 Å². The van der Waals surface area contributed by atoms with Crippen LogP contribution >= 0.6 is 0 Å². The minimum absolute atomic E-state index is 0.119. The van der Waals surface area contributed by atoms with E-state index in [0.717, 1.165) is 25.0 Å². The third-order valence-corrected chi connectivity index (χ3v) is 7.66. The van der Waals surface area contributed by atoms with Crippen LogP contribution in [0.4, 0.5) is 8.78 Å². The molecule has 4 aromatic rings. The van der Waals surface area contributed by atoms with E-state index in [4.69, 9.17) is 4.74 Å². The number of methoxy groups -OCH3 is 1. The fourth-order valence-electron chi connectivity index (χ4n) is 4.13. The second-order valence-electron chi connectivity index (χ2n) is 7.80. The summed E-state index contributed by atoms with van der Waals surface area (Å²) in [4.78, 5) is 4.55. The molecule has 0 saturated carbocycles. The zero-order chi connectivity index (χ0) is 23.2. The maximum Gasteiger partial charge on any atom is 0.243 e. The molecular formula is C23H20F2N4O3S. The number of H-pyrrole nitrogens is 1. The number of nitrogens with zero attached hydrogens (tertiary/aromatic N) is 3. The summed E-state index contributed by atoms with van der Waals surface area (Å²) in [6.45, 7) is 1.04. The largest absolute Gasteiger partial charge is 0.493 e. The highest BCUT2D eigenvalue weighted by Gasteiger charge is 2.27. The standard InChI is InChI=1S/C23H20F2N4O3S/c1-32-22-18(11-16(24)12-20(22)25)21-19-10-15(13-26-23(19)28-27-21)14-5-4-6-17(9-14)33(30,31)29-7-2-3-8-29/h4-6,9-13H,2-3,7-8H2,1H3,(H,26,27,28). The van der Waals surface area contributed by atoms with Gasteiger partial charge in [0.25, 0.3) is 0 Å². The van der Waals surface area contributed by atoms with E-state index in [1.807, 2.05) is 0 Å². The van der Waals surface area contributed by atoms with Crippen LogP contribution in [-0.4, -0.2) is 48.1 Å². The maximum absolute atomic E-state index is 14.3. The summed E-state index contributed by atoms with van der Waals surface area (Å²) < 4.78 is 60.8. The molecule has 2 aromatic carbocycles. The molecule has 0 bridgehead atoms. The van der Waals surface area contributed by atoms with Crippen LogP contribution in [0.5, 0.6) is 5.75 Å². The van der Waals surface area contributed by atoms with Crippen LogP contribution in [-0.2, 0) is 10.0 Å². The Labute approximate surface area is 189 Å². The first-order valence-electron chi connectivity index (χ1n) is 10.4. The summed E-state index contributed by atoms with van der Waals surface area (Å²) in [5, 5.41) is 7.43. The molecule has 170 valence electrons. The SMILES string of the molecule is COc1c(F)cc(F)cc1-c1[nH]nc2ncc(-c3cccc(S(=O)(=O)N4CCCC4)c3)cc12. The predicted molar refractivity (Wildman–Crippen MR) is 119 cm³/mol. The van der Waals surface area contributed by atoms with E-state index in [0.29, 0.717) is 40.9 Å². The van der Waals surface area contributed by atoms with Gasteiger partial charge in [-0.15, -0.1) is 0 Å². The van der Waals surface area contributed by atoms with Gasteiger partial charge in [0, 0.05) is 41.9 Å². The molecule has 33 heavy (non-hydrogen) atoms. The number of halogens is 2. The molecule has 1 aliphatic rings. The number of benzene rings is 2. The lowest BCUT2D eigenvalue weighted by Crippen LogP contribution is -2.27. The number of nitrogens with one attached hydrogen (secondary N) is 1. The minimum Gasteiger partial charge on any atom is -0.493 e. The Kier molecular flexibility index (Phi) is 5.34. The van der Waals surface area contributed by atoms with E-state index in [1.54, 1.807) is 36.5 Å². The van der Waals surface area contributed by atoms with Crippen molar-refractivity contribution in [2.24, 2.45) is 0 Å². The number of aromatic amines is 1. The highest BCUT2D eigenvalue weighted by atomic mass is 32.2. The second kappa shape index (κ2) is 8.20. The third-order valence-electron chi connectivity index (χ3n) is 5.76. The Hall–Kier alpha value is -3.37. The predicted octanol–water partition coefficient (Wildman–Crippen LogP) is 4.36. The van der Waals surface area contributed by atoms with Crippen molar-refractivity contribution in [2.45, 2.75) is 17.7 Å². The summed E-state index contributed by atoms with van der Waals surface area (Å²) in [7, 11) is -2.28. The molecule has 5 rings (SSSR count). The Bertz CT molecular complexity index is 1460. The number of hydrogen-bond acceptors (Lipinski definition) is 5. The number of sulfonamides is 1. The van der Waals surface area contributed by atoms with Crippen molar-refractivity contribution in [1.82, 2.24) is 19.5 Å². The Morgan fingerprint density at radius 2 is 1.85 bits per heavy atom. The fraction of sp³-hybridized carbons (Fsp3) is 0.217. The topological polar surface area (TPSA) is 88.2 Å². The zero-order valence-electron chi connectivity index (χ0n) is 17.7. The number of aromatic nitrogens is 3. The first-order chi connectivity index (χ1) is 15.9. The van der Waals surface area contributed by atoms with Crippen molar-refractivity contribution in [3.8, 4) is 28.1 Å². The van der Waals surface area contributed by atoms with E-state index in [2.05, 4.69) is 15.2 Å². The Morgan fingerprint density at radius 1 is 1.06 bits per heavy atom. The molecule has 0 amide bonds. The normalized spacial score (nSPS) is 14.8. The molecule has 10 heteroatoms. The average Bonchev–Trinajstić information content (AvgIpc) is 3.49. The molecule has 1 saturated heterocycles. The van der Waals surface area contributed by atoms with Crippen LogP contribution in [0, 0.1) is 11.6 Å². The second-order valence-corrected chi connectivity index (χ2v) is 9.74. The molecule has 2 aromatic heterocycles. The highest BCUT2D eigenvalue weighted by molar-refractivity contribution is 7.89. The lowest BCUT2D eigenvalue weighted by atomic mass is 10.0. The number of hydrogen-bond donors (Lipinski definition) is 1. The quantitative estimate of drug-likeness (QED) is 0.468. The summed E-state index contributed by atoms with van der Waals surface area (Å²) in [6, 6.07) is 10.3. The summed E-state index contributed by atoms with van der Waals surface area (Å²) >= 11 is 0. The lowest BCUT2D eigenvalue weighted by molar-refractivity contribution is 0.386. The molecule has 0 aliphatic carbocycles. The van der Waals surface area contributed by atoms with Crippen LogP contribution in [0.15, 0.2) is 53.6 Å². The van der Waals surface area contributed by atoms with Gasteiger partial charge in [-0.3, -0.25) is 5.10 Å². The van der Waals surface area contributed by atoms with Gasteiger partial charge in [0.15, 0.2) is 17.2 Å². The molecular weight excluding hydrogens is 450 g/mol. The molecule has 3 heterocycles. The van der Waals surface area contributed by atoms with E-state index in [9.17, 15) is 17.2 Å². The van der Waals surface area contributed by atoms with Crippen molar-refractivity contribution in [2.75, 3.05) is 20.2 Å². The van der Waals surface area contributed by atoms with E-state index < -0.39 is 21.7 Å². The smallest absolute Gasteiger partial charge is 0.243 e. The highest BCUT2D eigenvalue weighted by Crippen LogP contribution is 2.37. The number of pyridine rings is 1. The fourth-order valence-corrected chi connectivity index (χ4v) is 5.69. The van der Waals surface area contributed by atoms with E-state index in [1.165, 1.54) is 11.4 Å². The van der Waals surface area contributed by atoms with Gasteiger partial charge in [0.05, 0.1) is 17.7 Å². The third kappa shape index (κ3) is 3.75. The van der Waals surface area contributed by atoms with Crippen molar-refractivity contribution in [1.29, 1.82) is 0 Å². The minimum atomic E-state index is -3.58. The molecule has 1 aliphatic heterocycles. The first-order valence-corrected chi connectivity index (χ1v) is 11.8. The molecule has 1 N–H and O–H groups in total. The summed E-state index contributed by atoms with van der Waals surface area (Å²) in [6.07, 6.45) is 3.29. The Morgan fingerprint density at radius 3 is 2.61 bits per heavy atom. The van der Waals surface area contributed by atoms with Crippen molar-refractivity contribution >= 4 is 21.1 Å². The maximum atomic E-state index is 14.3. The van der Waals surface area contributed by atoms with Crippen LogP contribution in [0.2, 0.25) is 0 Å².